The molecule has 0 aliphatic carbocycles. The van der Waals surface area contributed by atoms with Crippen molar-refractivity contribution in [3.8, 4) is 12.3 Å². The van der Waals surface area contributed by atoms with Gasteiger partial charge in [-0.1, -0.05) is 95.2 Å². The molecule has 0 spiro atoms. The van der Waals surface area contributed by atoms with Crippen LogP contribution in [0.3, 0.4) is 0 Å². The zero-order valence-electron chi connectivity index (χ0n) is 12.5. The molecule has 3 aromatic carbocycles. The fourth-order valence-electron chi connectivity index (χ4n) is 2.76. The van der Waals surface area contributed by atoms with Gasteiger partial charge in [0.1, 0.15) is 0 Å². The van der Waals surface area contributed by atoms with Crippen LogP contribution in [0.1, 0.15) is 5.56 Å². The van der Waals surface area contributed by atoms with Crippen LogP contribution in [0, 0.1) is 12.3 Å². The minimum atomic E-state index is -0.505. The predicted octanol–water partition coefficient (Wildman–Crippen LogP) is -0.0929. The molecule has 3 rings (SSSR count). The Labute approximate surface area is 136 Å². The number of hydrogen-bond acceptors (Lipinski definition) is 0. The molecule has 0 amide bonds. The highest BCUT2D eigenvalue weighted by atomic mass is 28.2. The van der Waals surface area contributed by atoms with E-state index in [1.54, 1.807) is 0 Å². The molecule has 3 aromatic rings. The molecule has 0 nitrogen and oxygen atoms in total. The summed E-state index contributed by atoms with van der Waals surface area (Å²) in [4.78, 5) is 0. The van der Waals surface area contributed by atoms with Crippen LogP contribution in [0.15, 0.2) is 78.9 Å². The third kappa shape index (κ3) is 3.45. The van der Waals surface area contributed by atoms with Crippen LogP contribution in [-0.4, -0.2) is 19.0 Å². The van der Waals surface area contributed by atoms with Gasteiger partial charge in [0, 0.05) is 5.56 Å². The molecule has 0 aromatic heterocycles. The molecule has 0 atom stereocenters. The number of hydrogen-bond donors (Lipinski definition) is 0. The zero-order chi connectivity index (χ0) is 15.2. The summed E-state index contributed by atoms with van der Waals surface area (Å²) in [6.45, 7) is 0. The van der Waals surface area contributed by atoms with E-state index in [0.717, 1.165) is 5.56 Å². The molecule has 0 N–H and O–H groups in total. The smallest absolute Gasteiger partial charge is 0.0891 e. The van der Waals surface area contributed by atoms with Gasteiger partial charge in [0.2, 0.25) is 0 Å². The minimum Gasteiger partial charge on any atom is -0.115 e. The Balaban J connectivity index is 1.92. The van der Waals surface area contributed by atoms with Gasteiger partial charge in [-0.2, -0.15) is 0 Å². The molecular weight excluding hydrogens is 296 g/mol. The Hall–Kier alpha value is -2.35. The molecule has 0 radical (unpaired) electrons. The summed E-state index contributed by atoms with van der Waals surface area (Å²) in [5.41, 5.74) is 1.16. The van der Waals surface area contributed by atoms with Crippen LogP contribution < -0.4 is 20.7 Å². The Kier molecular flexibility index (Phi) is 4.69. The van der Waals surface area contributed by atoms with Crippen molar-refractivity contribution in [3.05, 3.63) is 84.4 Å². The van der Waals surface area contributed by atoms with Crippen LogP contribution in [0.25, 0.3) is 0 Å². The number of rotatable bonds is 4. The van der Waals surface area contributed by atoms with Gasteiger partial charge in [0.05, 0.1) is 19.0 Å². The molecule has 0 aliphatic heterocycles. The summed E-state index contributed by atoms with van der Waals surface area (Å²) in [5, 5.41) is 5.68. The molecule has 0 saturated carbocycles. The van der Waals surface area contributed by atoms with Crippen LogP contribution in [0.2, 0.25) is 0 Å². The van der Waals surface area contributed by atoms with E-state index in [2.05, 4.69) is 84.8 Å². The molecule has 0 fully saturated rings. The van der Waals surface area contributed by atoms with Gasteiger partial charge in [0.25, 0.3) is 0 Å². The molecule has 0 unspecified atom stereocenters. The SMILES string of the molecule is C#Cc1c([SiH2]c2ccccc2)cccc1[SiH2]c1ccccc1. The maximum atomic E-state index is 5.85. The monoisotopic (exact) mass is 314 g/mol. The van der Waals surface area contributed by atoms with E-state index >= 15 is 0 Å². The van der Waals surface area contributed by atoms with Crippen molar-refractivity contribution in [3.63, 3.8) is 0 Å². The van der Waals surface area contributed by atoms with Crippen molar-refractivity contribution in [2.75, 3.05) is 0 Å². The molecule has 0 bridgehead atoms. The van der Waals surface area contributed by atoms with Crippen molar-refractivity contribution < 1.29 is 0 Å². The summed E-state index contributed by atoms with van der Waals surface area (Å²) in [6.07, 6.45) is 5.85. The van der Waals surface area contributed by atoms with Gasteiger partial charge in [-0.15, -0.1) is 6.42 Å². The van der Waals surface area contributed by atoms with E-state index in [1.165, 1.54) is 20.7 Å². The standard InChI is InChI=1S/C20H18Si2/c1-2-18-19(21-16-10-5-3-6-11-16)14-9-15-20(18)22-17-12-7-4-8-13-17/h1,3-15H,21-22H2. The third-order valence-electron chi connectivity index (χ3n) is 3.86. The van der Waals surface area contributed by atoms with Crippen LogP contribution in [-0.2, 0) is 0 Å². The Morgan fingerprint density at radius 3 is 1.45 bits per heavy atom. The van der Waals surface area contributed by atoms with Gasteiger partial charge in [-0.25, -0.2) is 0 Å². The average Bonchev–Trinajstić information content (AvgIpc) is 2.57. The van der Waals surface area contributed by atoms with Gasteiger partial charge in [-0.05, 0) is 10.4 Å². The van der Waals surface area contributed by atoms with Crippen LogP contribution in [0.5, 0.6) is 0 Å². The number of benzene rings is 3. The van der Waals surface area contributed by atoms with E-state index < -0.39 is 19.0 Å². The summed E-state index contributed by atoms with van der Waals surface area (Å²) < 4.78 is 0. The van der Waals surface area contributed by atoms with E-state index in [0.29, 0.717) is 0 Å². The fourth-order valence-corrected chi connectivity index (χ4v) is 6.43. The summed E-state index contributed by atoms with van der Waals surface area (Å²) in [7, 11) is -1.01. The van der Waals surface area contributed by atoms with Gasteiger partial charge >= 0.3 is 0 Å². The topological polar surface area (TPSA) is 0 Å². The largest absolute Gasteiger partial charge is 0.115 e. The first-order valence-electron chi connectivity index (χ1n) is 7.52. The second-order valence-electron chi connectivity index (χ2n) is 5.42. The lowest BCUT2D eigenvalue weighted by Crippen LogP contribution is -2.37. The third-order valence-corrected chi connectivity index (χ3v) is 7.56. The Bertz CT molecular complexity index is 727. The van der Waals surface area contributed by atoms with Gasteiger partial charge in [-0.3, -0.25) is 0 Å². The quantitative estimate of drug-likeness (QED) is 0.466. The van der Waals surface area contributed by atoms with E-state index in [-0.39, 0.29) is 0 Å². The lowest BCUT2D eigenvalue weighted by molar-refractivity contribution is 1.73. The maximum Gasteiger partial charge on any atom is 0.0891 e. The summed E-state index contributed by atoms with van der Waals surface area (Å²) >= 11 is 0. The lowest BCUT2D eigenvalue weighted by Gasteiger charge is -2.10. The van der Waals surface area contributed by atoms with Crippen molar-refractivity contribution in [2.24, 2.45) is 0 Å². The molecule has 106 valence electrons. The maximum absolute atomic E-state index is 5.85. The zero-order valence-corrected chi connectivity index (χ0v) is 15.3. The van der Waals surface area contributed by atoms with Crippen LogP contribution >= 0.6 is 0 Å². The molecule has 0 saturated heterocycles. The van der Waals surface area contributed by atoms with Crippen molar-refractivity contribution >= 4 is 39.8 Å². The van der Waals surface area contributed by atoms with Crippen LogP contribution in [0.4, 0.5) is 0 Å². The Morgan fingerprint density at radius 2 is 1.05 bits per heavy atom. The first-order valence-corrected chi connectivity index (χ1v) is 10.3. The first-order chi connectivity index (χ1) is 10.9. The molecule has 0 heterocycles. The van der Waals surface area contributed by atoms with Crippen molar-refractivity contribution in [2.45, 2.75) is 0 Å². The Morgan fingerprint density at radius 1 is 0.591 bits per heavy atom. The highest BCUT2D eigenvalue weighted by molar-refractivity contribution is 6.71. The second-order valence-corrected chi connectivity index (χ2v) is 9.28. The van der Waals surface area contributed by atoms with Crippen molar-refractivity contribution in [1.82, 2.24) is 0 Å². The predicted molar refractivity (Wildman–Crippen MR) is 103 cm³/mol. The fraction of sp³-hybridized carbons (Fsp3) is 0. The van der Waals surface area contributed by atoms with E-state index in [9.17, 15) is 0 Å². The average molecular weight is 315 g/mol. The van der Waals surface area contributed by atoms with E-state index in [1.807, 2.05) is 0 Å². The highest BCUT2D eigenvalue weighted by Crippen LogP contribution is 1.93. The molecular formula is C20H18Si2. The lowest BCUT2D eigenvalue weighted by atomic mass is 10.2. The van der Waals surface area contributed by atoms with Gasteiger partial charge in [0.15, 0.2) is 0 Å². The number of terminal acetylenes is 1. The van der Waals surface area contributed by atoms with E-state index in [4.69, 9.17) is 6.42 Å². The molecule has 0 aliphatic rings. The normalized spacial score (nSPS) is 11.2. The summed E-state index contributed by atoms with van der Waals surface area (Å²) in [6, 6.07) is 28.1. The molecule has 22 heavy (non-hydrogen) atoms. The first kappa shape index (κ1) is 14.6. The van der Waals surface area contributed by atoms with Crippen molar-refractivity contribution in [1.29, 1.82) is 0 Å². The molecule has 2 heteroatoms. The minimum absolute atomic E-state index is 0.505. The second kappa shape index (κ2) is 7.08. The van der Waals surface area contributed by atoms with Gasteiger partial charge < -0.3 is 0 Å². The summed E-state index contributed by atoms with van der Waals surface area (Å²) in [5.74, 6) is 2.97. The highest BCUT2D eigenvalue weighted by Gasteiger charge is 2.08.